The lowest BCUT2D eigenvalue weighted by molar-refractivity contribution is -0.148. The second kappa shape index (κ2) is 11.4. The lowest BCUT2D eigenvalue weighted by Crippen LogP contribution is -2.37. The van der Waals surface area contributed by atoms with E-state index in [0.29, 0.717) is 24.1 Å². The van der Waals surface area contributed by atoms with Crippen molar-refractivity contribution in [1.29, 1.82) is 0 Å². The third kappa shape index (κ3) is 5.71. The zero-order valence-electron chi connectivity index (χ0n) is 24.0. The fourth-order valence-electron chi connectivity index (χ4n) is 5.64. The highest BCUT2D eigenvalue weighted by Gasteiger charge is 2.52. The fraction of sp³-hybridized carbons (Fsp3) is 0.273. The van der Waals surface area contributed by atoms with Crippen LogP contribution in [0.5, 0.6) is 0 Å². The minimum atomic E-state index is -3.88. The summed E-state index contributed by atoms with van der Waals surface area (Å²) in [5.74, 6) is -1.25. The zero-order chi connectivity index (χ0) is 30.1. The molecule has 0 radical (unpaired) electrons. The average molecular weight is 603 g/mol. The van der Waals surface area contributed by atoms with Gasteiger partial charge in [0.25, 0.3) is 10.0 Å². The van der Waals surface area contributed by atoms with Crippen LogP contribution in [0.4, 0.5) is 5.69 Å². The molecule has 0 amide bonds. The van der Waals surface area contributed by atoms with Crippen molar-refractivity contribution in [2.45, 2.75) is 50.2 Å². The van der Waals surface area contributed by atoms with E-state index in [-0.39, 0.29) is 16.4 Å². The van der Waals surface area contributed by atoms with Gasteiger partial charge in [-0.3, -0.25) is 4.31 Å². The number of aliphatic hydroxyl groups is 1. The number of rotatable bonds is 9. The summed E-state index contributed by atoms with van der Waals surface area (Å²) in [6.45, 7) is 5.96. The van der Waals surface area contributed by atoms with E-state index in [9.17, 15) is 18.3 Å². The molecule has 4 aromatic rings. The number of esters is 1. The normalized spacial score (nSPS) is 15.9. The number of ether oxygens (including phenoxy) is 1. The van der Waals surface area contributed by atoms with Crippen LogP contribution in [0.2, 0.25) is 0 Å². The predicted octanol–water partition coefficient (Wildman–Crippen LogP) is 6.69. The summed E-state index contributed by atoms with van der Waals surface area (Å²) in [4.78, 5) is 17.8. The molecule has 42 heavy (non-hydrogen) atoms. The van der Waals surface area contributed by atoms with Crippen molar-refractivity contribution in [3.8, 4) is 0 Å². The van der Waals surface area contributed by atoms with Crippen molar-refractivity contribution in [3.05, 3.63) is 124 Å². The monoisotopic (exact) mass is 602 g/mol. The van der Waals surface area contributed by atoms with Crippen molar-refractivity contribution in [3.63, 3.8) is 0 Å². The topological polar surface area (TPSA) is 96.8 Å². The maximum atomic E-state index is 13.8. The number of benzene rings is 3. The van der Waals surface area contributed by atoms with Crippen LogP contribution < -0.4 is 4.31 Å². The molecule has 7 nitrogen and oxygen atoms in total. The van der Waals surface area contributed by atoms with Crippen LogP contribution in [0.3, 0.4) is 0 Å². The molecule has 1 unspecified atom stereocenters. The Kier molecular flexibility index (Phi) is 8.00. The van der Waals surface area contributed by atoms with E-state index in [1.165, 1.54) is 33.6 Å². The van der Waals surface area contributed by atoms with Gasteiger partial charge >= 0.3 is 5.97 Å². The van der Waals surface area contributed by atoms with Crippen LogP contribution in [-0.2, 0) is 32.4 Å². The number of hydrogen-bond donors (Lipinski definition) is 1. The number of hydrogen-bond acceptors (Lipinski definition) is 7. The number of cyclic esters (lactones) is 1. The highest BCUT2D eigenvalue weighted by atomic mass is 32.2. The Bertz CT molecular complexity index is 1650. The van der Waals surface area contributed by atoms with Crippen molar-refractivity contribution in [2.24, 2.45) is 5.41 Å². The van der Waals surface area contributed by atoms with E-state index < -0.39 is 32.9 Å². The zero-order valence-corrected chi connectivity index (χ0v) is 25.7. The van der Waals surface area contributed by atoms with Gasteiger partial charge in [0, 0.05) is 31.2 Å². The summed E-state index contributed by atoms with van der Waals surface area (Å²) in [5, 5.41) is 13.5. The second-order valence-electron chi connectivity index (χ2n) is 11.7. The predicted molar refractivity (Wildman–Crippen MR) is 165 cm³/mol. The number of aliphatic hydroxyl groups excluding tert-OH is 1. The molecule has 1 aromatic heterocycles. The van der Waals surface area contributed by atoms with E-state index in [0.717, 1.165) is 11.1 Å². The summed E-state index contributed by atoms with van der Waals surface area (Å²) in [5.41, 5.74) is 2.80. The Morgan fingerprint density at radius 3 is 2.07 bits per heavy atom. The van der Waals surface area contributed by atoms with E-state index in [1.54, 1.807) is 18.2 Å². The van der Waals surface area contributed by atoms with Gasteiger partial charge in [-0.05, 0) is 34.2 Å². The van der Waals surface area contributed by atoms with Crippen LogP contribution in [0.15, 0.2) is 112 Å². The maximum Gasteiger partial charge on any atom is 0.339 e. The Balaban J connectivity index is 1.62. The molecular weight excluding hydrogens is 569 g/mol. The highest BCUT2D eigenvalue weighted by Crippen LogP contribution is 2.49. The van der Waals surface area contributed by atoms with Crippen molar-refractivity contribution < 1.29 is 23.1 Å². The molecule has 1 aliphatic rings. The molecule has 0 saturated heterocycles. The molecule has 218 valence electrons. The van der Waals surface area contributed by atoms with Crippen LogP contribution >= 0.6 is 11.3 Å². The third-order valence-corrected chi connectivity index (χ3v) is 10.0. The Morgan fingerprint density at radius 2 is 1.55 bits per heavy atom. The van der Waals surface area contributed by atoms with Gasteiger partial charge < -0.3 is 9.84 Å². The van der Waals surface area contributed by atoms with E-state index in [1.807, 2.05) is 87.5 Å². The molecule has 5 rings (SSSR count). The number of nitrogens with zero attached hydrogens (tertiary/aromatic N) is 2. The molecule has 1 aliphatic heterocycles. The SMILES string of the molecule is CN(c1cccc(C(C2=C(O)C(Cc3ccccc3)(Cc3ccccc3)OC2=O)C(C)(C)C)c1)S(=O)(=O)c1cscn1. The van der Waals surface area contributed by atoms with Crippen molar-refractivity contribution in [1.82, 2.24) is 4.98 Å². The summed E-state index contributed by atoms with van der Waals surface area (Å²) >= 11 is 1.21. The van der Waals surface area contributed by atoms with E-state index in [4.69, 9.17) is 4.74 Å². The van der Waals surface area contributed by atoms with Crippen LogP contribution in [-0.4, -0.2) is 37.1 Å². The van der Waals surface area contributed by atoms with Gasteiger partial charge in [-0.2, -0.15) is 8.42 Å². The smallest absolute Gasteiger partial charge is 0.339 e. The largest absolute Gasteiger partial charge is 0.507 e. The second-order valence-corrected chi connectivity index (χ2v) is 14.3. The molecule has 2 heterocycles. The summed E-state index contributed by atoms with van der Waals surface area (Å²) in [7, 11) is -2.40. The van der Waals surface area contributed by atoms with Gasteiger partial charge in [-0.15, -0.1) is 11.3 Å². The first kappa shape index (κ1) is 29.5. The number of aromatic nitrogens is 1. The Labute approximate surface area is 251 Å². The Morgan fingerprint density at radius 1 is 0.952 bits per heavy atom. The number of anilines is 1. The highest BCUT2D eigenvalue weighted by molar-refractivity contribution is 7.92. The molecule has 0 fully saturated rings. The first-order valence-electron chi connectivity index (χ1n) is 13.6. The maximum absolute atomic E-state index is 13.8. The van der Waals surface area contributed by atoms with E-state index in [2.05, 4.69) is 4.98 Å². The summed E-state index contributed by atoms with van der Waals surface area (Å²) < 4.78 is 33.8. The Hall–Kier alpha value is -3.95. The van der Waals surface area contributed by atoms with Gasteiger partial charge in [0.2, 0.25) is 0 Å². The first-order chi connectivity index (χ1) is 19.9. The van der Waals surface area contributed by atoms with Crippen molar-refractivity contribution in [2.75, 3.05) is 11.4 Å². The average Bonchev–Trinajstić information content (AvgIpc) is 3.58. The van der Waals surface area contributed by atoms with Gasteiger partial charge in [0.15, 0.2) is 10.6 Å². The number of carbonyl (C=O) groups excluding carboxylic acids is 1. The minimum Gasteiger partial charge on any atom is -0.507 e. The first-order valence-corrected chi connectivity index (χ1v) is 16.0. The molecule has 0 saturated carbocycles. The number of sulfonamides is 1. The van der Waals surface area contributed by atoms with Gasteiger partial charge in [0.05, 0.1) is 16.8 Å². The quantitative estimate of drug-likeness (QED) is 0.215. The lowest BCUT2D eigenvalue weighted by atomic mass is 9.71. The van der Waals surface area contributed by atoms with Crippen LogP contribution in [0, 0.1) is 5.41 Å². The minimum absolute atomic E-state index is 0.0286. The van der Waals surface area contributed by atoms with Gasteiger partial charge in [-0.25, -0.2) is 9.78 Å². The molecule has 9 heteroatoms. The van der Waals surface area contributed by atoms with Gasteiger partial charge in [0.1, 0.15) is 5.76 Å². The van der Waals surface area contributed by atoms with Crippen LogP contribution in [0.1, 0.15) is 43.4 Å². The van der Waals surface area contributed by atoms with Gasteiger partial charge in [-0.1, -0.05) is 93.6 Å². The standard InChI is InChI=1S/C33H34N2O5S2/c1-32(2,3)29(25-16-11-17-26(18-25)35(4)42(38,39)27-21-41-22-34-27)28-30(36)33(40-31(28)37,19-23-12-7-5-8-13-23)20-24-14-9-6-10-15-24/h5-18,21-22,29,36H,19-20H2,1-4H3. The summed E-state index contributed by atoms with van der Waals surface area (Å²) in [6, 6.07) is 26.4. The molecule has 0 spiro atoms. The van der Waals surface area contributed by atoms with Crippen molar-refractivity contribution >= 4 is 33.0 Å². The third-order valence-electron chi connectivity index (χ3n) is 7.62. The van der Waals surface area contributed by atoms with Crippen LogP contribution in [0.25, 0.3) is 0 Å². The van der Waals surface area contributed by atoms with E-state index >= 15 is 0 Å². The molecule has 1 N–H and O–H groups in total. The lowest BCUT2D eigenvalue weighted by Gasteiger charge is -2.32. The fourth-order valence-corrected chi connectivity index (χ4v) is 7.63. The summed E-state index contributed by atoms with van der Waals surface area (Å²) in [6.07, 6.45) is 0.602. The molecule has 0 bridgehead atoms. The molecular formula is C33H34N2O5S2. The molecule has 0 aliphatic carbocycles. The number of thiazole rings is 1. The molecule has 3 aromatic carbocycles. The number of carbonyl (C=O) groups is 1. The molecule has 1 atom stereocenters.